The van der Waals surface area contributed by atoms with Crippen molar-refractivity contribution in [3.05, 3.63) is 177 Å². The normalized spacial score (nSPS) is 17.5. The van der Waals surface area contributed by atoms with Gasteiger partial charge in [-0.25, -0.2) is 4.79 Å². The Bertz CT molecular complexity index is 2980. The number of halogens is 6. The Morgan fingerprint density at radius 1 is 0.623 bits per heavy atom. The van der Waals surface area contributed by atoms with Crippen LogP contribution in [0.2, 0.25) is 0 Å². The van der Waals surface area contributed by atoms with Gasteiger partial charge >= 0.3 is 18.3 Å². The summed E-state index contributed by atoms with van der Waals surface area (Å²) >= 11 is 0. The molecule has 0 fully saturated rings. The number of alkyl halides is 6. The van der Waals surface area contributed by atoms with Gasteiger partial charge in [0.2, 0.25) is 0 Å². The molecule has 4 nitrogen and oxygen atoms in total. The Labute approximate surface area is 348 Å². The van der Waals surface area contributed by atoms with Crippen LogP contribution in [0.5, 0.6) is 11.5 Å². The minimum Gasteiger partial charge on any atom is -0.456 e. The molecule has 0 saturated heterocycles. The lowest BCUT2D eigenvalue weighted by Gasteiger charge is -2.38. The molecule has 3 aliphatic rings. The second-order valence-corrected chi connectivity index (χ2v) is 17.0. The molecule has 0 N–H and O–H groups in total. The molecular weight excluding hydrogens is 789 g/mol. The molecular formula is C51H37F6NO3. The summed E-state index contributed by atoms with van der Waals surface area (Å²) in [4.78, 5) is 16.1. The number of benzene rings is 7. The van der Waals surface area contributed by atoms with Crippen molar-refractivity contribution < 1.29 is 40.6 Å². The van der Waals surface area contributed by atoms with Gasteiger partial charge in [-0.15, -0.1) is 0 Å². The fourth-order valence-electron chi connectivity index (χ4n) is 9.87. The van der Waals surface area contributed by atoms with Gasteiger partial charge in [0.1, 0.15) is 11.5 Å². The van der Waals surface area contributed by atoms with Gasteiger partial charge in [0, 0.05) is 40.5 Å². The van der Waals surface area contributed by atoms with E-state index in [9.17, 15) is 31.1 Å². The van der Waals surface area contributed by atoms with E-state index in [1.807, 2.05) is 30.3 Å². The van der Waals surface area contributed by atoms with Gasteiger partial charge in [-0.2, -0.15) is 26.3 Å². The maximum Gasteiger partial charge on any atom is 0.416 e. The third kappa shape index (κ3) is 5.93. The molecule has 7 aromatic rings. The zero-order valence-electron chi connectivity index (χ0n) is 33.7. The van der Waals surface area contributed by atoms with Crippen molar-refractivity contribution in [2.24, 2.45) is 0 Å². The topological polar surface area (TPSA) is 38.8 Å². The number of fused-ring (bicyclic) bond motifs is 9. The smallest absolute Gasteiger partial charge is 0.416 e. The monoisotopic (exact) mass is 825 g/mol. The first kappa shape index (κ1) is 38.6. The standard InChI is InChI=1S/C51H37F6NO3/c1-27-18-28(2)45(29(3)19-27)32-11-16-42-41(23-32)48(4,5)26-58(42)36-13-15-40-44(25-36)60-43-17-12-31-20-30(33-21-34(50(52,53)54)24-35(22-33)51(55,56)57)10-14-37(31)46(43)49(40)39-9-7-6-8-38(39)47(59)61-49/h6-25H,26H2,1-5H3. The second-order valence-electron chi connectivity index (χ2n) is 17.0. The number of carbonyl (C=O) groups excluding carboxylic acids is 1. The fraction of sp³-hybridized carbons (Fsp3) is 0.196. The number of aryl methyl sites for hydroxylation is 3. The number of ether oxygens (including phenoxy) is 2. The van der Waals surface area contributed by atoms with E-state index in [2.05, 4.69) is 69.9 Å². The molecule has 10 heteroatoms. The lowest BCUT2D eigenvalue weighted by atomic mass is 9.75. The molecule has 7 aromatic carbocycles. The van der Waals surface area contributed by atoms with Crippen LogP contribution >= 0.6 is 0 Å². The highest BCUT2D eigenvalue weighted by Crippen LogP contribution is 2.59. The van der Waals surface area contributed by atoms with Crippen molar-refractivity contribution in [1.82, 2.24) is 0 Å². The first-order valence-corrected chi connectivity index (χ1v) is 19.9. The number of hydrogen-bond donors (Lipinski definition) is 0. The summed E-state index contributed by atoms with van der Waals surface area (Å²) in [5, 5.41) is 1.05. The van der Waals surface area contributed by atoms with Crippen molar-refractivity contribution in [3.63, 3.8) is 0 Å². The van der Waals surface area contributed by atoms with Gasteiger partial charge in [0.05, 0.1) is 22.3 Å². The van der Waals surface area contributed by atoms with Crippen LogP contribution in [0.1, 0.15) is 74.3 Å². The van der Waals surface area contributed by atoms with Gasteiger partial charge in [0.15, 0.2) is 5.60 Å². The lowest BCUT2D eigenvalue weighted by molar-refractivity contribution is -0.143. The molecule has 0 saturated carbocycles. The van der Waals surface area contributed by atoms with Gasteiger partial charge in [-0.3, -0.25) is 0 Å². The van der Waals surface area contributed by atoms with Crippen molar-refractivity contribution >= 4 is 28.1 Å². The first-order chi connectivity index (χ1) is 28.8. The molecule has 1 spiro atoms. The van der Waals surface area contributed by atoms with Crippen LogP contribution in [-0.2, 0) is 28.1 Å². The van der Waals surface area contributed by atoms with E-state index in [0.29, 0.717) is 63.2 Å². The second kappa shape index (κ2) is 13.0. The van der Waals surface area contributed by atoms with Crippen molar-refractivity contribution in [2.45, 2.75) is 58.0 Å². The van der Waals surface area contributed by atoms with Crippen LogP contribution in [0.4, 0.5) is 37.7 Å². The Morgan fingerprint density at radius 3 is 2.02 bits per heavy atom. The molecule has 0 aliphatic carbocycles. The zero-order chi connectivity index (χ0) is 43.0. The summed E-state index contributed by atoms with van der Waals surface area (Å²) in [6.45, 7) is 11.6. The molecule has 306 valence electrons. The van der Waals surface area contributed by atoms with Gasteiger partial charge in [-0.1, -0.05) is 74.0 Å². The third-order valence-corrected chi connectivity index (χ3v) is 12.4. The molecule has 3 heterocycles. The van der Waals surface area contributed by atoms with E-state index in [1.54, 1.807) is 36.4 Å². The number of rotatable bonds is 3. The molecule has 3 aliphatic heterocycles. The lowest BCUT2D eigenvalue weighted by Crippen LogP contribution is -2.33. The molecule has 1 atom stereocenters. The molecule has 0 bridgehead atoms. The van der Waals surface area contributed by atoms with E-state index in [1.165, 1.54) is 33.9 Å². The maximum atomic E-state index is 13.8. The van der Waals surface area contributed by atoms with Gasteiger partial charge in [-0.05, 0) is 131 Å². The van der Waals surface area contributed by atoms with E-state index in [0.717, 1.165) is 16.9 Å². The van der Waals surface area contributed by atoms with Crippen LogP contribution in [0, 0.1) is 20.8 Å². The van der Waals surface area contributed by atoms with Gasteiger partial charge in [0.25, 0.3) is 0 Å². The predicted octanol–water partition coefficient (Wildman–Crippen LogP) is 14.1. The third-order valence-electron chi connectivity index (χ3n) is 12.4. The number of anilines is 2. The van der Waals surface area contributed by atoms with Crippen LogP contribution in [0.3, 0.4) is 0 Å². The van der Waals surface area contributed by atoms with Gasteiger partial charge < -0.3 is 14.4 Å². The summed E-state index contributed by atoms with van der Waals surface area (Å²) in [6, 6.07) is 33.6. The van der Waals surface area contributed by atoms with Crippen LogP contribution in [0.25, 0.3) is 33.0 Å². The molecule has 1 unspecified atom stereocenters. The molecule has 0 amide bonds. The zero-order valence-corrected chi connectivity index (χ0v) is 33.7. The minimum atomic E-state index is -5.00. The molecule has 61 heavy (non-hydrogen) atoms. The maximum absolute atomic E-state index is 13.8. The van der Waals surface area contributed by atoms with Crippen LogP contribution in [-0.4, -0.2) is 12.5 Å². The largest absolute Gasteiger partial charge is 0.456 e. The van der Waals surface area contributed by atoms with Crippen molar-refractivity contribution in [2.75, 3.05) is 11.4 Å². The number of nitrogens with zero attached hydrogens (tertiary/aromatic N) is 1. The summed E-state index contributed by atoms with van der Waals surface area (Å²) in [5.74, 6) is 0.326. The summed E-state index contributed by atoms with van der Waals surface area (Å²) in [6.07, 6.45) is -10.00. The Hall–Kier alpha value is -6.55. The van der Waals surface area contributed by atoms with Crippen LogP contribution in [0.15, 0.2) is 121 Å². The average molecular weight is 826 g/mol. The Morgan fingerprint density at radius 2 is 1.31 bits per heavy atom. The van der Waals surface area contributed by atoms with Crippen molar-refractivity contribution in [3.8, 4) is 33.8 Å². The fourth-order valence-corrected chi connectivity index (χ4v) is 9.87. The summed E-state index contributed by atoms with van der Waals surface area (Å²) in [5.41, 5.74) is 6.67. The van der Waals surface area contributed by atoms with E-state index < -0.39 is 35.0 Å². The highest BCUT2D eigenvalue weighted by atomic mass is 19.4. The summed E-state index contributed by atoms with van der Waals surface area (Å²) < 4.78 is 96.2. The molecule has 0 radical (unpaired) electrons. The minimum absolute atomic E-state index is 0.115. The Balaban J connectivity index is 1.11. The van der Waals surface area contributed by atoms with E-state index in [4.69, 9.17) is 9.47 Å². The quantitative estimate of drug-likeness (QED) is 0.131. The first-order valence-electron chi connectivity index (χ1n) is 19.9. The van der Waals surface area contributed by atoms with Crippen molar-refractivity contribution in [1.29, 1.82) is 0 Å². The highest BCUT2D eigenvalue weighted by Gasteiger charge is 2.54. The SMILES string of the molecule is Cc1cc(C)c(-c2ccc3c(c2)C(C)(C)CN3c2ccc3c(c2)Oc2ccc4cc(-c5cc(C(F)(F)F)cc(C(F)(F)F)c5)ccc4c2C32OC(=O)c3ccccc32)c(C)c1. The molecule has 0 aromatic heterocycles. The highest BCUT2D eigenvalue weighted by molar-refractivity contribution is 6.01. The Kier molecular flexibility index (Phi) is 8.22. The average Bonchev–Trinajstić information content (AvgIpc) is 3.65. The number of hydrogen-bond acceptors (Lipinski definition) is 4. The van der Waals surface area contributed by atoms with E-state index >= 15 is 0 Å². The van der Waals surface area contributed by atoms with E-state index in [-0.39, 0.29) is 22.6 Å². The molecule has 10 rings (SSSR count). The summed E-state index contributed by atoms with van der Waals surface area (Å²) in [7, 11) is 0. The number of carbonyl (C=O) groups is 1. The predicted molar refractivity (Wildman–Crippen MR) is 224 cm³/mol. The van der Waals surface area contributed by atoms with Crippen LogP contribution < -0.4 is 9.64 Å². The number of esters is 1.